The van der Waals surface area contributed by atoms with Crippen molar-refractivity contribution in [2.75, 3.05) is 0 Å². The van der Waals surface area contributed by atoms with Crippen LogP contribution in [0.15, 0.2) is 24.3 Å². The molecule has 7 heteroatoms. The zero-order chi connectivity index (χ0) is 14.7. The van der Waals surface area contributed by atoms with E-state index in [4.69, 9.17) is 11.0 Å². The second-order valence-corrected chi connectivity index (χ2v) is 4.25. The number of para-hydroxylation sites is 2. The SMILES string of the molecule is CC(C(=O)NC(N)=O)n1c(CC#N)nc2ccccc21. The van der Waals surface area contributed by atoms with Crippen LogP contribution in [0.4, 0.5) is 4.79 Å². The van der Waals surface area contributed by atoms with E-state index < -0.39 is 18.0 Å². The number of aromatic nitrogens is 2. The zero-order valence-electron chi connectivity index (χ0n) is 10.8. The summed E-state index contributed by atoms with van der Waals surface area (Å²) in [5.74, 6) is -0.0688. The highest BCUT2D eigenvalue weighted by molar-refractivity contribution is 5.96. The van der Waals surface area contributed by atoms with Gasteiger partial charge in [0, 0.05) is 0 Å². The number of amides is 3. The second-order valence-electron chi connectivity index (χ2n) is 4.25. The number of urea groups is 1. The van der Waals surface area contributed by atoms with Crippen molar-refractivity contribution in [2.45, 2.75) is 19.4 Å². The lowest BCUT2D eigenvalue weighted by molar-refractivity contribution is -0.122. The molecule has 1 unspecified atom stereocenters. The van der Waals surface area contributed by atoms with E-state index in [1.165, 1.54) is 0 Å². The normalized spacial score (nSPS) is 11.8. The first kappa shape index (κ1) is 13.5. The van der Waals surface area contributed by atoms with Gasteiger partial charge >= 0.3 is 6.03 Å². The molecule has 0 aliphatic heterocycles. The summed E-state index contributed by atoms with van der Waals surface area (Å²) < 4.78 is 1.64. The molecule has 1 atom stereocenters. The van der Waals surface area contributed by atoms with Crippen LogP contribution >= 0.6 is 0 Å². The predicted molar refractivity (Wildman–Crippen MR) is 71.5 cm³/mol. The number of imidazole rings is 1. The largest absolute Gasteiger partial charge is 0.351 e. The van der Waals surface area contributed by atoms with Crippen LogP contribution in [-0.4, -0.2) is 21.5 Å². The molecule has 0 aliphatic rings. The molecule has 102 valence electrons. The summed E-state index contributed by atoms with van der Waals surface area (Å²) >= 11 is 0. The number of primary amides is 1. The molecule has 3 N–H and O–H groups in total. The number of benzene rings is 1. The molecule has 0 radical (unpaired) electrons. The van der Waals surface area contributed by atoms with Crippen molar-refractivity contribution in [2.24, 2.45) is 5.73 Å². The summed E-state index contributed by atoms with van der Waals surface area (Å²) in [5.41, 5.74) is 6.36. The monoisotopic (exact) mass is 271 g/mol. The quantitative estimate of drug-likeness (QED) is 0.861. The first-order chi connectivity index (χ1) is 9.54. The number of hydrogen-bond donors (Lipinski definition) is 2. The van der Waals surface area contributed by atoms with E-state index in [9.17, 15) is 9.59 Å². The summed E-state index contributed by atoms with van der Waals surface area (Å²) in [4.78, 5) is 27.0. The third-order valence-electron chi connectivity index (χ3n) is 2.92. The van der Waals surface area contributed by atoms with Crippen molar-refractivity contribution in [3.05, 3.63) is 30.1 Å². The number of fused-ring (bicyclic) bond motifs is 1. The summed E-state index contributed by atoms with van der Waals surface area (Å²) in [5, 5.41) is 10.9. The van der Waals surface area contributed by atoms with E-state index in [1.807, 2.05) is 23.5 Å². The fourth-order valence-electron chi connectivity index (χ4n) is 2.07. The Morgan fingerprint density at radius 2 is 2.20 bits per heavy atom. The van der Waals surface area contributed by atoms with Crippen LogP contribution in [0.5, 0.6) is 0 Å². The van der Waals surface area contributed by atoms with E-state index >= 15 is 0 Å². The standard InChI is InChI=1S/C13H13N5O2/c1-8(12(19)17-13(15)20)18-10-5-3-2-4-9(10)16-11(18)6-7-14/h2-5,8H,6H2,1H3,(H3,15,17,19,20). The smallest absolute Gasteiger partial charge is 0.318 e. The summed E-state index contributed by atoms with van der Waals surface area (Å²) in [6.07, 6.45) is 0.0723. The molecule has 0 aliphatic carbocycles. The molecule has 0 fully saturated rings. The van der Waals surface area contributed by atoms with Crippen molar-refractivity contribution in [1.29, 1.82) is 5.26 Å². The van der Waals surface area contributed by atoms with Crippen LogP contribution in [0.1, 0.15) is 18.8 Å². The van der Waals surface area contributed by atoms with Crippen molar-refractivity contribution in [3.63, 3.8) is 0 Å². The highest BCUT2D eigenvalue weighted by atomic mass is 16.2. The number of carbonyl (C=O) groups is 2. The Bertz CT molecular complexity index is 713. The number of carbonyl (C=O) groups excluding carboxylic acids is 2. The molecule has 1 aromatic heterocycles. The fraction of sp³-hybridized carbons (Fsp3) is 0.231. The van der Waals surface area contributed by atoms with Gasteiger partial charge in [0.2, 0.25) is 0 Å². The highest BCUT2D eigenvalue weighted by Gasteiger charge is 2.22. The molecule has 1 aromatic carbocycles. The molecule has 1 heterocycles. The Labute approximate surface area is 115 Å². The molecular weight excluding hydrogens is 258 g/mol. The van der Waals surface area contributed by atoms with Gasteiger partial charge in [-0.1, -0.05) is 12.1 Å². The van der Waals surface area contributed by atoms with Crippen molar-refractivity contribution < 1.29 is 9.59 Å². The zero-order valence-corrected chi connectivity index (χ0v) is 10.8. The molecular formula is C13H13N5O2. The number of rotatable bonds is 3. The van der Waals surface area contributed by atoms with Crippen LogP contribution in [0.25, 0.3) is 11.0 Å². The minimum absolute atomic E-state index is 0.0723. The Morgan fingerprint density at radius 3 is 2.85 bits per heavy atom. The first-order valence-corrected chi connectivity index (χ1v) is 5.97. The average molecular weight is 271 g/mol. The summed E-state index contributed by atoms with van der Waals surface area (Å²) in [6, 6.07) is 7.65. The topological polar surface area (TPSA) is 114 Å². The Morgan fingerprint density at radius 1 is 1.50 bits per heavy atom. The van der Waals surface area contributed by atoms with Gasteiger partial charge in [-0.05, 0) is 19.1 Å². The molecule has 3 amide bonds. The van der Waals surface area contributed by atoms with Crippen molar-refractivity contribution in [1.82, 2.24) is 14.9 Å². The van der Waals surface area contributed by atoms with Crippen molar-refractivity contribution >= 4 is 23.0 Å². The van der Waals surface area contributed by atoms with Gasteiger partial charge in [0.05, 0.1) is 23.5 Å². The number of nitrogens with one attached hydrogen (secondary N) is 1. The third kappa shape index (κ3) is 2.44. The van der Waals surface area contributed by atoms with Crippen LogP contribution < -0.4 is 11.1 Å². The predicted octanol–water partition coefficient (Wildman–Crippen LogP) is 0.858. The van der Waals surface area contributed by atoms with E-state index in [0.717, 1.165) is 5.52 Å². The molecule has 0 bridgehead atoms. The lowest BCUT2D eigenvalue weighted by atomic mass is 10.2. The minimum Gasteiger partial charge on any atom is -0.351 e. The lowest BCUT2D eigenvalue weighted by Gasteiger charge is -2.15. The van der Waals surface area contributed by atoms with Gasteiger partial charge in [-0.2, -0.15) is 5.26 Å². The average Bonchev–Trinajstić information content (AvgIpc) is 2.75. The molecule has 2 rings (SSSR count). The van der Waals surface area contributed by atoms with Gasteiger partial charge in [0.25, 0.3) is 5.91 Å². The molecule has 2 aromatic rings. The number of imide groups is 1. The number of nitriles is 1. The highest BCUT2D eigenvalue weighted by Crippen LogP contribution is 2.21. The maximum atomic E-state index is 11.9. The summed E-state index contributed by atoms with van der Waals surface area (Å²) in [7, 11) is 0. The Hall–Kier alpha value is -2.88. The van der Waals surface area contributed by atoms with Crippen LogP contribution in [-0.2, 0) is 11.2 Å². The van der Waals surface area contributed by atoms with Gasteiger partial charge in [-0.3, -0.25) is 10.1 Å². The second kappa shape index (κ2) is 5.40. The van der Waals surface area contributed by atoms with Crippen LogP contribution in [0.3, 0.4) is 0 Å². The van der Waals surface area contributed by atoms with Crippen LogP contribution in [0.2, 0.25) is 0 Å². The first-order valence-electron chi connectivity index (χ1n) is 5.97. The van der Waals surface area contributed by atoms with Gasteiger partial charge < -0.3 is 10.3 Å². The fourth-order valence-corrected chi connectivity index (χ4v) is 2.07. The lowest BCUT2D eigenvalue weighted by Crippen LogP contribution is -2.39. The molecule has 7 nitrogen and oxygen atoms in total. The Kier molecular flexibility index (Phi) is 3.66. The third-order valence-corrected chi connectivity index (χ3v) is 2.92. The van der Waals surface area contributed by atoms with Gasteiger partial charge in [-0.25, -0.2) is 9.78 Å². The maximum absolute atomic E-state index is 11.9. The molecule has 0 spiro atoms. The van der Waals surface area contributed by atoms with E-state index in [0.29, 0.717) is 11.3 Å². The van der Waals surface area contributed by atoms with E-state index in [-0.39, 0.29) is 6.42 Å². The van der Waals surface area contributed by atoms with Gasteiger partial charge in [-0.15, -0.1) is 0 Å². The summed E-state index contributed by atoms with van der Waals surface area (Å²) in [6.45, 7) is 1.62. The van der Waals surface area contributed by atoms with Crippen molar-refractivity contribution in [3.8, 4) is 6.07 Å². The number of hydrogen-bond acceptors (Lipinski definition) is 4. The molecule has 0 saturated carbocycles. The van der Waals surface area contributed by atoms with Gasteiger partial charge in [0.15, 0.2) is 0 Å². The number of nitrogens with zero attached hydrogens (tertiary/aromatic N) is 3. The molecule has 20 heavy (non-hydrogen) atoms. The maximum Gasteiger partial charge on any atom is 0.318 e. The van der Waals surface area contributed by atoms with E-state index in [2.05, 4.69) is 4.98 Å². The van der Waals surface area contributed by atoms with Crippen LogP contribution in [0, 0.1) is 11.3 Å². The van der Waals surface area contributed by atoms with E-state index in [1.54, 1.807) is 23.6 Å². The van der Waals surface area contributed by atoms with Gasteiger partial charge in [0.1, 0.15) is 11.9 Å². The minimum atomic E-state index is -0.909. The Balaban J connectivity index is 2.51. The number of nitrogens with two attached hydrogens (primary N) is 1. The molecule has 0 saturated heterocycles.